The fourth-order valence-electron chi connectivity index (χ4n) is 3.54. The molecule has 4 amide bonds. The average molecular weight is 494 g/mol. The molecule has 2 heterocycles. The number of carbonyl (C=O) groups is 3. The van der Waals surface area contributed by atoms with Crippen molar-refractivity contribution in [3.05, 3.63) is 86.6 Å². The molecule has 9 nitrogen and oxygen atoms in total. The monoisotopic (exact) mass is 493 g/mol. The third kappa shape index (κ3) is 4.71. The van der Waals surface area contributed by atoms with E-state index in [4.69, 9.17) is 16.0 Å². The van der Waals surface area contributed by atoms with Crippen molar-refractivity contribution in [3.63, 3.8) is 0 Å². The zero-order chi connectivity index (χ0) is 25.5. The lowest BCUT2D eigenvalue weighted by Crippen LogP contribution is -2.54. The quantitative estimate of drug-likeness (QED) is 0.222. The van der Waals surface area contributed by atoms with Gasteiger partial charge in [0, 0.05) is 11.6 Å². The number of amides is 4. The second-order valence-electron chi connectivity index (χ2n) is 8.88. The Balaban J connectivity index is 1.65. The zero-order valence-corrected chi connectivity index (χ0v) is 19.8. The molecular formula is C25H20ClN3O6. The number of imide groups is 2. The van der Waals surface area contributed by atoms with Crippen molar-refractivity contribution >= 4 is 46.9 Å². The van der Waals surface area contributed by atoms with Crippen LogP contribution in [0.3, 0.4) is 0 Å². The van der Waals surface area contributed by atoms with Gasteiger partial charge in [-0.25, -0.2) is 9.69 Å². The van der Waals surface area contributed by atoms with E-state index < -0.39 is 22.8 Å². The minimum Gasteiger partial charge on any atom is -0.457 e. The summed E-state index contributed by atoms with van der Waals surface area (Å²) in [6, 6.07) is 13.3. The minimum atomic E-state index is -0.859. The number of urea groups is 1. The number of hydrogen-bond donors (Lipinski definition) is 1. The number of benzene rings is 2. The van der Waals surface area contributed by atoms with E-state index in [-0.39, 0.29) is 33.2 Å². The van der Waals surface area contributed by atoms with Crippen LogP contribution in [0.2, 0.25) is 5.02 Å². The van der Waals surface area contributed by atoms with Gasteiger partial charge >= 0.3 is 6.03 Å². The molecule has 1 aliphatic heterocycles. The summed E-state index contributed by atoms with van der Waals surface area (Å²) < 4.78 is 5.69. The van der Waals surface area contributed by atoms with Crippen molar-refractivity contribution in [2.24, 2.45) is 0 Å². The van der Waals surface area contributed by atoms with Crippen LogP contribution in [0.1, 0.15) is 32.1 Å². The van der Waals surface area contributed by atoms with Crippen LogP contribution in [-0.2, 0) is 15.0 Å². The van der Waals surface area contributed by atoms with Crippen LogP contribution in [0.25, 0.3) is 17.4 Å². The predicted molar refractivity (Wildman–Crippen MR) is 130 cm³/mol. The maximum atomic E-state index is 13.1. The van der Waals surface area contributed by atoms with E-state index in [1.165, 1.54) is 24.3 Å². The number of furan rings is 1. The van der Waals surface area contributed by atoms with Crippen molar-refractivity contribution in [1.82, 2.24) is 5.32 Å². The molecule has 1 aromatic heterocycles. The molecule has 10 heteroatoms. The number of nitro benzene ring substituents is 1. The lowest BCUT2D eigenvalue weighted by molar-refractivity contribution is -0.384. The molecule has 0 atom stereocenters. The standard InChI is InChI=1S/C25H20ClN3O6/c1-25(2,3)15-5-7-16(8-6-15)28-23(31)18(22(30)27-24(28)32)13-17-9-11-21(35-17)14-4-10-19(26)20(12-14)29(33)34/h4-13H,1-3H3,(H,27,30,32). The van der Waals surface area contributed by atoms with E-state index in [1.54, 1.807) is 24.3 Å². The van der Waals surface area contributed by atoms with Gasteiger partial charge in [0.1, 0.15) is 22.1 Å². The molecule has 0 bridgehead atoms. The molecule has 2 aromatic carbocycles. The largest absolute Gasteiger partial charge is 0.457 e. The smallest absolute Gasteiger partial charge is 0.335 e. The Hall–Kier alpha value is -4.24. The second-order valence-corrected chi connectivity index (χ2v) is 9.29. The second kappa shape index (κ2) is 8.84. The van der Waals surface area contributed by atoms with Gasteiger partial charge in [-0.2, -0.15) is 0 Å². The van der Waals surface area contributed by atoms with Crippen LogP contribution in [0.4, 0.5) is 16.2 Å². The lowest BCUT2D eigenvalue weighted by atomic mass is 9.87. The van der Waals surface area contributed by atoms with Gasteiger partial charge in [0.25, 0.3) is 17.5 Å². The molecule has 1 N–H and O–H groups in total. The van der Waals surface area contributed by atoms with E-state index in [1.807, 2.05) is 32.9 Å². The third-order valence-corrected chi connectivity index (χ3v) is 5.75. The van der Waals surface area contributed by atoms with Gasteiger partial charge in [-0.1, -0.05) is 44.5 Å². The van der Waals surface area contributed by atoms with Gasteiger partial charge < -0.3 is 4.42 Å². The van der Waals surface area contributed by atoms with E-state index in [9.17, 15) is 24.5 Å². The Labute approximate surface area is 205 Å². The van der Waals surface area contributed by atoms with E-state index >= 15 is 0 Å². The molecule has 0 aliphatic carbocycles. The maximum Gasteiger partial charge on any atom is 0.335 e. The summed E-state index contributed by atoms with van der Waals surface area (Å²) in [6.07, 6.45) is 1.22. The lowest BCUT2D eigenvalue weighted by Gasteiger charge is -2.27. The first-order valence-corrected chi connectivity index (χ1v) is 10.9. The van der Waals surface area contributed by atoms with Crippen LogP contribution in [-0.4, -0.2) is 22.8 Å². The Bertz CT molecular complexity index is 1400. The van der Waals surface area contributed by atoms with Gasteiger partial charge in [0.05, 0.1) is 10.6 Å². The molecule has 1 saturated heterocycles. The Morgan fingerprint density at radius 1 is 1.03 bits per heavy atom. The number of carbonyl (C=O) groups excluding carboxylic acids is 3. The van der Waals surface area contributed by atoms with Crippen LogP contribution in [0, 0.1) is 10.1 Å². The fraction of sp³-hybridized carbons (Fsp3) is 0.160. The van der Waals surface area contributed by atoms with Crippen molar-refractivity contribution in [2.75, 3.05) is 4.90 Å². The van der Waals surface area contributed by atoms with Crippen LogP contribution >= 0.6 is 11.6 Å². The first-order valence-electron chi connectivity index (χ1n) is 10.5. The number of nitro groups is 1. The van der Waals surface area contributed by atoms with Gasteiger partial charge in [0.15, 0.2) is 0 Å². The highest BCUT2D eigenvalue weighted by Gasteiger charge is 2.37. The topological polar surface area (TPSA) is 123 Å². The molecule has 178 valence electrons. The molecule has 0 unspecified atom stereocenters. The number of rotatable bonds is 4. The van der Waals surface area contributed by atoms with Gasteiger partial charge in [0.2, 0.25) is 0 Å². The van der Waals surface area contributed by atoms with Gasteiger partial charge in [-0.3, -0.25) is 25.0 Å². The number of barbiturate groups is 1. The number of nitrogens with zero attached hydrogens (tertiary/aromatic N) is 2. The summed E-state index contributed by atoms with van der Waals surface area (Å²) in [5.41, 5.74) is 1.02. The number of nitrogens with one attached hydrogen (secondary N) is 1. The molecule has 3 aromatic rings. The minimum absolute atomic E-state index is 0.0163. The Kier molecular flexibility index (Phi) is 6.04. The highest BCUT2D eigenvalue weighted by Crippen LogP contribution is 2.32. The Morgan fingerprint density at radius 3 is 2.34 bits per heavy atom. The fourth-order valence-corrected chi connectivity index (χ4v) is 3.72. The number of hydrogen-bond acceptors (Lipinski definition) is 6. The van der Waals surface area contributed by atoms with Gasteiger partial charge in [-0.05, 0) is 53.5 Å². The molecular weight excluding hydrogens is 474 g/mol. The highest BCUT2D eigenvalue weighted by atomic mass is 35.5. The van der Waals surface area contributed by atoms with Gasteiger partial charge in [-0.15, -0.1) is 0 Å². The van der Waals surface area contributed by atoms with E-state index in [0.717, 1.165) is 10.5 Å². The van der Waals surface area contributed by atoms with Crippen molar-refractivity contribution in [2.45, 2.75) is 26.2 Å². The highest BCUT2D eigenvalue weighted by molar-refractivity contribution is 6.39. The molecule has 0 spiro atoms. The normalized spacial score (nSPS) is 15.5. The molecule has 1 aliphatic rings. The SMILES string of the molecule is CC(C)(C)c1ccc(N2C(=O)NC(=O)C(=Cc3ccc(-c4ccc(Cl)c([N+](=O)[O-])c4)o3)C2=O)cc1. The first kappa shape index (κ1) is 23.9. The number of halogens is 1. The summed E-state index contributed by atoms with van der Waals surface area (Å²) in [5, 5.41) is 13.3. The van der Waals surface area contributed by atoms with Crippen LogP contribution in [0.15, 0.2) is 64.6 Å². The predicted octanol–water partition coefficient (Wildman–Crippen LogP) is 5.47. The van der Waals surface area contributed by atoms with Crippen LogP contribution in [0.5, 0.6) is 0 Å². The summed E-state index contributed by atoms with van der Waals surface area (Å²) >= 11 is 5.86. The van der Waals surface area contributed by atoms with Crippen molar-refractivity contribution in [1.29, 1.82) is 0 Å². The molecule has 35 heavy (non-hydrogen) atoms. The zero-order valence-electron chi connectivity index (χ0n) is 19.0. The van der Waals surface area contributed by atoms with Crippen molar-refractivity contribution in [3.8, 4) is 11.3 Å². The summed E-state index contributed by atoms with van der Waals surface area (Å²) in [4.78, 5) is 49.4. The summed E-state index contributed by atoms with van der Waals surface area (Å²) in [7, 11) is 0. The summed E-state index contributed by atoms with van der Waals surface area (Å²) in [5.74, 6) is -1.25. The average Bonchev–Trinajstić information content (AvgIpc) is 3.25. The maximum absolute atomic E-state index is 13.1. The Morgan fingerprint density at radius 2 is 1.71 bits per heavy atom. The molecule has 1 fully saturated rings. The number of anilines is 1. The van der Waals surface area contributed by atoms with Crippen molar-refractivity contribution < 1.29 is 23.7 Å². The summed E-state index contributed by atoms with van der Waals surface area (Å²) in [6.45, 7) is 6.13. The molecule has 0 radical (unpaired) electrons. The molecule has 4 rings (SSSR count). The van der Waals surface area contributed by atoms with E-state index in [0.29, 0.717) is 11.3 Å². The van der Waals surface area contributed by atoms with E-state index in [2.05, 4.69) is 5.32 Å². The molecule has 0 saturated carbocycles. The third-order valence-electron chi connectivity index (χ3n) is 5.43. The van der Waals surface area contributed by atoms with Crippen LogP contribution < -0.4 is 10.2 Å². The first-order chi connectivity index (χ1) is 16.5.